The fraction of sp³-hybridized carbons (Fsp3) is 0.684. The number of amides is 3. The number of hydrogen-bond donors (Lipinski definition) is 9. The number of thiol groups is 1. The van der Waals surface area contributed by atoms with Gasteiger partial charge < -0.3 is 43.4 Å². The van der Waals surface area contributed by atoms with Crippen molar-refractivity contribution in [2.45, 2.75) is 56.3 Å². The van der Waals surface area contributed by atoms with E-state index in [0.29, 0.717) is 5.75 Å². The summed E-state index contributed by atoms with van der Waals surface area (Å²) >= 11 is 5.33. The van der Waals surface area contributed by atoms with E-state index >= 15 is 0 Å². The number of hydrogen-bond acceptors (Lipinski definition) is 9. The number of carboxylic acids is 2. The number of nitrogens with one attached hydrogen (secondary N) is 3. The molecule has 4 atom stereocenters. The van der Waals surface area contributed by atoms with E-state index in [-0.39, 0.29) is 43.9 Å². The van der Waals surface area contributed by atoms with Gasteiger partial charge in [0.2, 0.25) is 17.7 Å². The molecule has 0 saturated heterocycles. The summed E-state index contributed by atoms with van der Waals surface area (Å²) in [5.41, 5.74) is 16.2. The third-order valence-electron chi connectivity index (χ3n) is 4.62. The topological polar surface area (TPSA) is 252 Å². The highest BCUT2D eigenvalue weighted by atomic mass is 32.2. The van der Waals surface area contributed by atoms with E-state index in [1.54, 1.807) is 6.26 Å². The van der Waals surface area contributed by atoms with Crippen molar-refractivity contribution in [1.82, 2.24) is 16.0 Å². The molecule has 0 aliphatic rings. The molecule has 0 radical (unpaired) electrons. The molecule has 0 fully saturated rings. The van der Waals surface area contributed by atoms with Gasteiger partial charge in [0, 0.05) is 18.7 Å². The lowest BCUT2D eigenvalue weighted by Crippen LogP contribution is -2.57. The molecule has 0 aromatic carbocycles. The summed E-state index contributed by atoms with van der Waals surface area (Å²) in [6.07, 6.45) is 1.55. The van der Waals surface area contributed by atoms with Gasteiger partial charge in [0.15, 0.2) is 5.96 Å². The lowest BCUT2D eigenvalue weighted by atomic mass is 10.1. The number of thioether (sulfide) groups is 1. The standard InChI is InChI=1S/C19H35N7O7S2/c1-35-8-6-13(18(32)33)26-16(30)11(3-2-7-23-19(21)22)25-17(31)12(4-5-14(27)28)24-15(29)10(20)9-34/h10-13,34H,2-9,20H2,1H3,(H,24,29)(H,25,31)(H,26,30)(H,27,28)(H,32,33)(H4,21,22,23). The average molecular weight is 538 g/mol. The summed E-state index contributed by atoms with van der Waals surface area (Å²) in [5, 5.41) is 25.6. The number of nitrogens with two attached hydrogens (primary N) is 3. The van der Waals surface area contributed by atoms with E-state index in [9.17, 15) is 29.1 Å². The number of guanidine groups is 1. The Morgan fingerprint density at radius 3 is 1.94 bits per heavy atom. The van der Waals surface area contributed by atoms with E-state index in [1.807, 2.05) is 0 Å². The first-order chi connectivity index (χ1) is 16.4. The smallest absolute Gasteiger partial charge is 0.326 e. The van der Waals surface area contributed by atoms with E-state index in [0.717, 1.165) is 0 Å². The molecule has 0 aliphatic heterocycles. The van der Waals surface area contributed by atoms with Crippen molar-refractivity contribution in [2.24, 2.45) is 22.2 Å². The molecule has 11 N–H and O–H groups in total. The third-order valence-corrected chi connectivity index (χ3v) is 5.65. The number of carboxylic acid groups (broad SMARTS) is 2. The second-order valence-electron chi connectivity index (χ2n) is 7.47. The summed E-state index contributed by atoms with van der Waals surface area (Å²) in [4.78, 5) is 64.2. The largest absolute Gasteiger partial charge is 0.481 e. The zero-order chi connectivity index (χ0) is 27.0. The van der Waals surface area contributed by atoms with Gasteiger partial charge in [-0.15, -0.1) is 0 Å². The van der Waals surface area contributed by atoms with Crippen molar-refractivity contribution < 1.29 is 34.2 Å². The minimum atomic E-state index is -1.30. The molecule has 0 spiro atoms. The van der Waals surface area contributed by atoms with Gasteiger partial charge in [-0.1, -0.05) is 0 Å². The lowest BCUT2D eigenvalue weighted by molar-refractivity contribution is -0.142. The molecule has 0 rings (SSSR count). The van der Waals surface area contributed by atoms with Crippen molar-refractivity contribution >= 4 is 60.0 Å². The molecule has 0 bridgehead atoms. The Bertz CT molecular complexity index is 766. The maximum atomic E-state index is 12.9. The molecule has 200 valence electrons. The second-order valence-corrected chi connectivity index (χ2v) is 8.82. The van der Waals surface area contributed by atoms with Crippen LogP contribution < -0.4 is 33.2 Å². The summed E-state index contributed by atoms with van der Waals surface area (Å²) in [6.45, 7) is 0.146. The summed E-state index contributed by atoms with van der Waals surface area (Å²) in [5.74, 6) is -4.42. The van der Waals surface area contributed by atoms with Crippen molar-refractivity contribution in [3.63, 3.8) is 0 Å². The van der Waals surface area contributed by atoms with Crippen molar-refractivity contribution in [1.29, 1.82) is 0 Å². The molecule has 0 saturated carbocycles. The second kappa shape index (κ2) is 17.7. The Balaban J connectivity index is 5.60. The fourth-order valence-electron chi connectivity index (χ4n) is 2.71. The van der Waals surface area contributed by atoms with Gasteiger partial charge in [0.1, 0.15) is 18.1 Å². The number of aliphatic carboxylic acids is 2. The molecule has 16 heteroatoms. The Kier molecular flexibility index (Phi) is 16.3. The van der Waals surface area contributed by atoms with Crippen LogP contribution in [-0.2, 0) is 24.0 Å². The van der Waals surface area contributed by atoms with Gasteiger partial charge >= 0.3 is 11.9 Å². The minimum absolute atomic E-state index is 0.0124. The van der Waals surface area contributed by atoms with E-state index in [4.69, 9.17) is 22.3 Å². The molecule has 35 heavy (non-hydrogen) atoms. The number of carbonyl (C=O) groups excluding carboxylic acids is 3. The summed E-state index contributed by atoms with van der Waals surface area (Å²) in [7, 11) is 0. The van der Waals surface area contributed by atoms with Crippen LogP contribution in [0.15, 0.2) is 4.99 Å². The maximum absolute atomic E-state index is 12.9. The Labute approximate surface area is 213 Å². The minimum Gasteiger partial charge on any atom is -0.481 e. The number of carbonyl (C=O) groups is 5. The van der Waals surface area contributed by atoms with E-state index < -0.39 is 60.2 Å². The van der Waals surface area contributed by atoms with Crippen molar-refractivity contribution in [2.75, 3.05) is 24.3 Å². The van der Waals surface area contributed by atoms with Crippen LogP contribution in [0, 0.1) is 0 Å². The molecule has 0 aliphatic carbocycles. The van der Waals surface area contributed by atoms with Crippen LogP contribution in [0.25, 0.3) is 0 Å². The molecule has 4 unspecified atom stereocenters. The monoisotopic (exact) mass is 537 g/mol. The Morgan fingerprint density at radius 1 is 0.914 bits per heavy atom. The average Bonchev–Trinajstić information content (AvgIpc) is 2.79. The van der Waals surface area contributed by atoms with E-state index in [1.165, 1.54) is 11.8 Å². The first-order valence-electron chi connectivity index (χ1n) is 10.7. The normalized spacial score (nSPS) is 14.0. The molecule has 0 aromatic rings. The van der Waals surface area contributed by atoms with Gasteiger partial charge in [-0.05, 0) is 37.7 Å². The van der Waals surface area contributed by atoms with Gasteiger partial charge in [0.05, 0.1) is 6.04 Å². The van der Waals surface area contributed by atoms with Crippen LogP contribution in [0.1, 0.15) is 32.1 Å². The van der Waals surface area contributed by atoms with Gasteiger partial charge in [-0.25, -0.2) is 4.79 Å². The molecule has 3 amide bonds. The van der Waals surface area contributed by atoms with Crippen LogP contribution in [0.2, 0.25) is 0 Å². The van der Waals surface area contributed by atoms with Crippen LogP contribution in [0.5, 0.6) is 0 Å². The fourth-order valence-corrected chi connectivity index (χ4v) is 3.35. The zero-order valence-corrected chi connectivity index (χ0v) is 21.1. The zero-order valence-electron chi connectivity index (χ0n) is 19.4. The highest BCUT2D eigenvalue weighted by Crippen LogP contribution is 2.06. The predicted octanol–water partition coefficient (Wildman–Crippen LogP) is -2.55. The van der Waals surface area contributed by atoms with Crippen LogP contribution in [0.3, 0.4) is 0 Å². The van der Waals surface area contributed by atoms with Gasteiger partial charge in [-0.3, -0.25) is 24.2 Å². The Hall–Kier alpha value is -2.72. The van der Waals surface area contributed by atoms with Gasteiger partial charge in [0.25, 0.3) is 0 Å². The highest BCUT2D eigenvalue weighted by Gasteiger charge is 2.30. The molecular formula is C19H35N7O7S2. The number of nitrogens with zero attached hydrogens (tertiary/aromatic N) is 1. The summed E-state index contributed by atoms with van der Waals surface area (Å²) < 4.78 is 0. The first kappa shape index (κ1) is 32.3. The molecule has 0 aromatic heterocycles. The van der Waals surface area contributed by atoms with Gasteiger partial charge in [-0.2, -0.15) is 24.4 Å². The van der Waals surface area contributed by atoms with Crippen molar-refractivity contribution in [3.05, 3.63) is 0 Å². The quantitative estimate of drug-likeness (QED) is 0.0381. The van der Waals surface area contributed by atoms with Crippen LogP contribution in [0.4, 0.5) is 0 Å². The SMILES string of the molecule is CSCCC(NC(=O)C(CCCN=C(N)N)NC(=O)C(CCC(=O)O)NC(=O)C(N)CS)C(=O)O. The summed E-state index contributed by atoms with van der Waals surface area (Å²) in [6, 6.07) is -4.72. The lowest BCUT2D eigenvalue weighted by Gasteiger charge is -2.25. The van der Waals surface area contributed by atoms with Crippen molar-refractivity contribution in [3.8, 4) is 0 Å². The predicted molar refractivity (Wildman–Crippen MR) is 135 cm³/mol. The van der Waals surface area contributed by atoms with Crippen LogP contribution >= 0.6 is 24.4 Å². The number of rotatable bonds is 18. The number of aliphatic imine (C=N–C) groups is 1. The molecule has 0 heterocycles. The molecular weight excluding hydrogens is 502 g/mol. The first-order valence-corrected chi connectivity index (χ1v) is 12.7. The van der Waals surface area contributed by atoms with Crippen LogP contribution in [-0.4, -0.2) is 94.3 Å². The Morgan fingerprint density at radius 2 is 1.46 bits per heavy atom. The van der Waals surface area contributed by atoms with E-state index in [2.05, 4.69) is 33.6 Å². The third kappa shape index (κ3) is 14.3. The highest BCUT2D eigenvalue weighted by molar-refractivity contribution is 7.98. The molecule has 14 nitrogen and oxygen atoms in total. The maximum Gasteiger partial charge on any atom is 0.326 e.